The second kappa shape index (κ2) is 4.86. The van der Waals surface area contributed by atoms with E-state index in [1.165, 1.54) is 9.13 Å². The Morgan fingerprint density at radius 2 is 2.31 bits per heavy atom. The molecule has 1 rings (SSSR count). The van der Waals surface area contributed by atoms with Crippen LogP contribution in [0.15, 0.2) is 29.8 Å². The molecule has 0 aliphatic rings. The van der Waals surface area contributed by atoms with Gasteiger partial charge >= 0.3 is 0 Å². The van der Waals surface area contributed by atoms with Crippen molar-refractivity contribution in [3.05, 3.63) is 38.9 Å². The van der Waals surface area contributed by atoms with Crippen LogP contribution in [0.4, 0.5) is 5.69 Å². The molecule has 0 aliphatic carbocycles. The topological polar surface area (TPSA) is 12.0 Å². The first kappa shape index (κ1) is 10.9. The quantitative estimate of drug-likeness (QED) is 0.838. The molecule has 0 heterocycles. The Hall–Kier alpha value is -0.220. The first-order valence-corrected chi connectivity index (χ1v) is 5.39. The smallest absolute Gasteiger partial charge is 0.0502 e. The van der Waals surface area contributed by atoms with Crippen LogP contribution in [0.2, 0.25) is 0 Å². The minimum absolute atomic E-state index is 0.614. The molecule has 1 nitrogen and oxygen atoms in total. The second-order valence-corrected chi connectivity index (χ2v) is 4.48. The van der Waals surface area contributed by atoms with E-state index in [9.17, 15) is 0 Å². The van der Waals surface area contributed by atoms with E-state index in [0.717, 1.165) is 5.69 Å². The molecule has 0 radical (unpaired) electrons. The maximum atomic E-state index is 5.66. The molecular weight excluding hydrogens is 296 g/mol. The van der Waals surface area contributed by atoms with Gasteiger partial charge in [0.25, 0.3) is 0 Å². The number of hydrogen-bond acceptors (Lipinski definition) is 1. The molecule has 0 unspecified atom stereocenters. The maximum absolute atomic E-state index is 5.66. The Morgan fingerprint density at radius 1 is 1.62 bits per heavy atom. The highest BCUT2D eigenvalue weighted by molar-refractivity contribution is 14.1. The predicted molar refractivity (Wildman–Crippen MR) is 67.4 cm³/mol. The summed E-state index contributed by atoms with van der Waals surface area (Å²) in [4.78, 5) is 0. The van der Waals surface area contributed by atoms with Crippen molar-refractivity contribution in [2.24, 2.45) is 0 Å². The SMILES string of the molecule is C=C(Cl)CNc1cccc(I)c1C. The molecule has 3 heteroatoms. The van der Waals surface area contributed by atoms with E-state index >= 15 is 0 Å². The molecule has 0 spiro atoms. The van der Waals surface area contributed by atoms with Gasteiger partial charge in [0.05, 0.1) is 6.54 Å². The number of benzene rings is 1. The normalized spacial score (nSPS) is 9.77. The first-order valence-electron chi connectivity index (χ1n) is 3.93. The second-order valence-electron chi connectivity index (χ2n) is 2.78. The first-order chi connectivity index (χ1) is 6.11. The molecule has 0 aliphatic heterocycles. The highest BCUT2D eigenvalue weighted by Gasteiger charge is 2.00. The Morgan fingerprint density at radius 3 is 2.92 bits per heavy atom. The van der Waals surface area contributed by atoms with Gasteiger partial charge in [-0.25, -0.2) is 0 Å². The standard InChI is InChI=1S/C10H11ClIN/c1-7(11)6-13-10-5-3-4-9(12)8(10)2/h3-5,13H,1,6H2,2H3. The predicted octanol–water partition coefficient (Wildman–Crippen LogP) is 3.76. The lowest BCUT2D eigenvalue weighted by molar-refractivity contribution is 1.28. The van der Waals surface area contributed by atoms with Gasteiger partial charge in [0.2, 0.25) is 0 Å². The van der Waals surface area contributed by atoms with Gasteiger partial charge in [0, 0.05) is 14.3 Å². The van der Waals surface area contributed by atoms with Gasteiger partial charge in [-0.15, -0.1) is 0 Å². The molecule has 1 N–H and O–H groups in total. The summed E-state index contributed by atoms with van der Waals surface area (Å²) < 4.78 is 1.25. The molecule has 0 saturated carbocycles. The van der Waals surface area contributed by atoms with Crippen molar-refractivity contribution in [1.82, 2.24) is 0 Å². The monoisotopic (exact) mass is 307 g/mol. The summed E-state index contributed by atoms with van der Waals surface area (Å²) in [5, 5.41) is 3.84. The van der Waals surface area contributed by atoms with Gasteiger partial charge in [0.1, 0.15) is 0 Å². The summed E-state index contributed by atoms with van der Waals surface area (Å²) in [7, 11) is 0. The minimum atomic E-state index is 0.614. The van der Waals surface area contributed by atoms with Crippen LogP contribution < -0.4 is 5.32 Å². The molecule has 0 amide bonds. The van der Waals surface area contributed by atoms with Gasteiger partial charge in [-0.3, -0.25) is 0 Å². The van der Waals surface area contributed by atoms with Crippen molar-refractivity contribution < 1.29 is 0 Å². The minimum Gasteiger partial charge on any atom is -0.380 e. The molecule has 0 fully saturated rings. The fraction of sp³-hybridized carbons (Fsp3) is 0.200. The third kappa shape index (κ3) is 3.19. The van der Waals surface area contributed by atoms with Gasteiger partial charge in [-0.2, -0.15) is 0 Å². The summed E-state index contributed by atoms with van der Waals surface area (Å²) in [5.74, 6) is 0. The zero-order valence-electron chi connectivity index (χ0n) is 7.40. The lowest BCUT2D eigenvalue weighted by Crippen LogP contribution is -2.02. The lowest BCUT2D eigenvalue weighted by atomic mass is 10.2. The third-order valence-electron chi connectivity index (χ3n) is 1.74. The molecule has 0 bridgehead atoms. The van der Waals surface area contributed by atoms with Crippen molar-refractivity contribution in [2.75, 3.05) is 11.9 Å². The van der Waals surface area contributed by atoms with Crippen molar-refractivity contribution >= 4 is 39.9 Å². The Kier molecular flexibility index (Phi) is 4.06. The van der Waals surface area contributed by atoms with Crippen LogP contribution in [-0.2, 0) is 0 Å². The van der Waals surface area contributed by atoms with E-state index in [1.807, 2.05) is 12.1 Å². The molecule has 1 aromatic carbocycles. The summed E-state index contributed by atoms with van der Waals surface area (Å²) >= 11 is 7.97. The summed E-state index contributed by atoms with van der Waals surface area (Å²) in [6, 6.07) is 6.14. The van der Waals surface area contributed by atoms with Crippen LogP contribution in [0, 0.1) is 10.5 Å². The largest absolute Gasteiger partial charge is 0.380 e. The van der Waals surface area contributed by atoms with Crippen molar-refractivity contribution in [1.29, 1.82) is 0 Å². The fourth-order valence-corrected chi connectivity index (χ4v) is 1.56. The lowest BCUT2D eigenvalue weighted by Gasteiger charge is -2.09. The summed E-state index contributed by atoms with van der Waals surface area (Å²) in [5.41, 5.74) is 2.37. The van der Waals surface area contributed by atoms with Crippen LogP contribution in [0.25, 0.3) is 0 Å². The Labute approximate surface area is 97.3 Å². The van der Waals surface area contributed by atoms with Crippen LogP contribution in [0.3, 0.4) is 0 Å². The summed E-state index contributed by atoms with van der Waals surface area (Å²) in [6.07, 6.45) is 0. The maximum Gasteiger partial charge on any atom is 0.0502 e. The number of rotatable bonds is 3. The summed E-state index contributed by atoms with van der Waals surface area (Å²) in [6.45, 7) is 6.32. The van der Waals surface area contributed by atoms with E-state index in [-0.39, 0.29) is 0 Å². The van der Waals surface area contributed by atoms with Crippen molar-refractivity contribution in [2.45, 2.75) is 6.92 Å². The molecule has 0 aromatic heterocycles. The van der Waals surface area contributed by atoms with Gasteiger partial charge in [0.15, 0.2) is 0 Å². The van der Waals surface area contributed by atoms with E-state index in [4.69, 9.17) is 11.6 Å². The van der Waals surface area contributed by atoms with Crippen molar-refractivity contribution in [3.63, 3.8) is 0 Å². The van der Waals surface area contributed by atoms with Crippen LogP contribution in [0.1, 0.15) is 5.56 Å². The van der Waals surface area contributed by atoms with E-state index in [1.54, 1.807) is 0 Å². The molecular formula is C10H11ClIN. The van der Waals surface area contributed by atoms with Crippen molar-refractivity contribution in [3.8, 4) is 0 Å². The average Bonchev–Trinajstić information content (AvgIpc) is 2.07. The van der Waals surface area contributed by atoms with Gasteiger partial charge in [-0.1, -0.05) is 24.2 Å². The van der Waals surface area contributed by atoms with E-state index < -0.39 is 0 Å². The highest BCUT2D eigenvalue weighted by atomic mass is 127. The zero-order valence-corrected chi connectivity index (χ0v) is 10.3. The third-order valence-corrected chi connectivity index (χ3v) is 3.04. The van der Waals surface area contributed by atoms with Crippen LogP contribution >= 0.6 is 34.2 Å². The average molecular weight is 308 g/mol. The number of anilines is 1. The van der Waals surface area contributed by atoms with E-state index in [2.05, 4.69) is 47.5 Å². The number of hydrogen-bond donors (Lipinski definition) is 1. The molecule has 1 aromatic rings. The van der Waals surface area contributed by atoms with E-state index in [0.29, 0.717) is 11.6 Å². The Bertz CT molecular complexity index is 323. The molecule has 13 heavy (non-hydrogen) atoms. The van der Waals surface area contributed by atoms with Crippen LogP contribution in [-0.4, -0.2) is 6.54 Å². The van der Waals surface area contributed by atoms with Crippen LogP contribution in [0.5, 0.6) is 0 Å². The zero-order chi connectivity index (χ0) is 9.84. The highest BCUT2D eigenvalue weighted by Crippen LogP contribution is 2.20. The Balaban J connectivity index is 2.77. The fourth-order valence-electron chi connectivity index (χ4n) is 0.990. The molecule has 70 valence electrons. The molecule has 0 saturated heterocycles. The van der Waals surface area contributed by atoms with Gasteiger partial charge < -0.3 is 5.32 Å². The van der Waals surface area contributed by atoms with Gasteiger partial charge in [-0.05, 0) is 47.2 Å². The number of nitrogens with one attached hydrogen (secondary N) is 1. The molecule has 0 atom stereocenters. The number of halogens is 2.